The van der Waals surface area contributed by atoms with E-state index < -0.39 is 18.6 Å². The largest absolute Gasteiger partial charge is 0.472 e. The van der Waals surface area contributed by atoms with Gasteiger partial charge in [0.2, 0.25) is 0 Å². The maximum atomic E-state index is 12.2. The first-order valence-corrected chi connectivity index (χ1v) is 4.82. The fourth-order valence-electron chi connectivity index (χ4n) is 1.48. The van der Waals surface area contributed by atoms with Crippen molar-refractivity contribution in [1.29, 1.82) is 0 Å². The maximum absolute atomic E-state index is 12.2. The van der Waals surface area contributed by atoms with Crippen molar-refractivity contribution in [3.8, 4) is 0 Å². The predicted molar refractivity (Wildman–Crippen MR) is 50.5 cm³/mol. The van der Waals surface area contributed by atoms with Gasteiger partial charge in [0.25, 0.3) is 0 Å². The molecule has 5 heteroatoms. The zero-order chi connectivity index (χ0) is 11.3. The van der Waals surface area contributed by atoms with Crippen LogP contribution in [0.25, 0.3) is 0 Å². The van der Waals surface area contributed by atoms with E-state index in [2.05, 4.69) is 5.32 Å². The molecule has 0 aromatic carbocycles. The lowest BCUT2D eigenvalue weighted by Gasteiger charge is -2.18. The van der Waals surface area contributed by atoms with Gasteiger partial charge < -0.3 is 9.73 Å². The molecule has 1 heterocycles. The van der Waals surface area contributed by atoms with E-state index in [9.17, 15) is 13.2 Å². The Balaban J connectivity index is 2.51. The molecule has 1 unspecified atom stereocenters. The second-order valence-electron chi connectivity index (χ2n) is 3.41. The molecule has 0 spiro atoms. The van der Waals surface area contributed by atoms with Crippen molar-refractivity contribution in [2.75, 3.05) is 6.54 Å². The van der Waals surface area contributed by atoms with Crippen LogP contribution in [0.5, 0.6) is 0 Å². The molecule has 1 N–H and O–H groups in total. The average Bonchev–Trinajstić information content (AvgIpc) is 2.54. The van der Waals surface area contributed by atoms with Crippen molar-refractivity contribution < 1.29 is 17.6 Å². The summed E-state index contributed by atoms with van der Waals surface area (Å²) < 4.78 is 41.4. The van der Waals surface area contributed by atoms with E-state index >= 15 is 0 Å². The van der Waals surface area contributed by atoms with E-state index in [1.54, 1.807) is 13.0 Å². The molecular formula is C10H14F3NO. The van der Waals surface area contributed by atoms with Crippen LogP contribution in [-0.4, -0.2) is 18.8 Å². The van der Waals surface area contributed by atoms with Gasteiger partial charge in [0.15, 0.2) is 0 Å². The van der Waals surface area contributed by atoms with Gasteiger partial charge in [-0.2, -0.15) is 13.2 Å². The highest BCUT2D eigenvalue weighted by molar-refractivity contribution is 5.07. The first-order valence-electron chi connectivity index (χ1n) is 4.82. The van der Waals surface area contributed by atoms with Crippen LogP contribution >= 0.6 is 0 Å². The second kappa shape index (κ2) is 5.21. The average molecular weight is 221 g/mol. The van der Waals surface area contributed by atoms with Gasteiger partial charge in [-0.1, -0.05) is 6.92 Å². The Morgan fingerprint density at radius 3 is 2.67 bits per heavy atom. The van der Waals surface area contributed by atoms with Crippen LogP contribution < -0.4 is 5.32 Å². The maximum Gasteiger partial charge on any atom is 0.390 e. The van der Waals surface area contributed by atoms with Crippen LogP contribution in [0.3, 0.4) is 0 Å². The monoisotopic (exact) mass is 221 g/mol. The summed E-state index contributed by atoms with van der Waals surface area (Å²) in [6, 6.07) is 1.10. The van der Waals surface area contributed by atoms with Gasteiger partial charge in [-0.15, -0.1) is 0 Å². The van der Waals surface area contributed by atoms with Crippen LogP contribution in [0.2, 0.25) is 0 Å². The standard InChI is InChI=1S/C10H14F3NO/c1-2-14-9(6-10(11,12)13)5-8-3-4-15-7-8/h3-4,7,9,14H,2,5-6H2,1H3. The highest BCUT2D eigenvalue weighted by Gasteiger charge is 2.31. The summed E-state index contributed by atoms with van der Waals surface area (Å²) in [5, 5.41) is 2.82. The molecule has 1 aromatic rings. The fourth-order valence-corrected chi connectivity index (χ4v) is 1.48. The zero-order valence-electron chi connectivity index (χ0n) is 8.47. The Morgan fingerprint density at radius 2 is 2.20 bits per heavy atom. The van der Waals surface area contributed by atoms with Crippen LogP contribution in [0.15, 0.2) is 23.0 Å². The van der Waals surface area contributed by atoms with Gasteiger partial charge in [-0.05, 0) is 24.6 Å². The van der Waals surface area contributed by atoms with Gasteiger partial charge >= 0.3 is 6.18 Å². The van der Waals surface area contributed by atoms with Crippen molar-refractivity contribution in [3.05, 3.63) is 24.2 Å². The molecule has 1 aromatic heterocycles. The summed E-state index contributed by atoms with van der Waals surface area (Å²) >= 11 is 0. The van der Waals surface area contributed by atoms with E-state index in [0.717, 1.165) is 5.56 Å². The summed E-state index contributed by atoms with van der Waals surface area (Å²) in [5.74, 6) is 0. The summed E-state index contributed by atoms with van der Waals surface area (Å²) in [5.41, 5.74) is 0.783. The fraction of sp³-hybridized carbons (Fsp3) is 0.600. The van der Waals surface area contributed by atoms with E-state index in [1.165, 1.54) is 12.5 Å². The molecule has 0 aliphatic heterocycles. The molecule has 0 radical (unpaired) electrons. The van der Waals surface area contributed by atoms with Crippen LogP contribution in [0.4, 0.5) is 13.2 Å². The lowest BCUT2D eigenvalue weighted by Crippen LogP contribution is -2.35. The minimum atomic E-state index is -4.13. The lowest BCUT2D eigenvalue weighted by molar-refractivity contribution is -0.139. The molecule has 0 amide bonds. The molecule has 2 nitrogen and oxygen atoms in total. The molecule has 0 bridgehead atoms. The second-order valence-corrected chi connectivity index (χ2v) is 3.41. The van der Waals surface area contributed by atoms with E-state index in [-0.39, 0.29) is 0 Å². The SMILES string of the molecule is CCNC(Cc1ccoc1)CC(F)(F)F. The molecule has 15 heavy (non-hydrogen) atoms. The van der Waals surface area contributed by atoms with Gasteiger partial charge in [-0.3, -0.25) is 0 Å². The zero-order valence-corrected chi connectivity index (χ0v) is 8.47. The molecule has 0 saturated heterocycles. The first-order chi connectivity index (χ1) is 7.01. The molecular weight excluding hydrogens is 207 g/mol. The minimum absolute atomic E-state index is 0.337. The Labute approximate surface area is 86.5 Å². The number of halogens is 3. The minimum Gasteiger partial charge on any atom is -0.472 e. The third-order valence-electron chi connectivity index (χ3n) is 2.03. The highest BCUT2D eigenvalue weighted by Crippen LogP contribution is 2.23. The van der Waals surface area contributed by atoms with Crippen LogP contribution in [0.1, 0.15) is 18.9 Å². The Bertz CT molecular complexity index is 269. The van der Waals surface area contributed by atoms with Crippen molar-refractivity contribution in [1.82, 2.24) is 5.32 Å². The third-order valence-corrected chi connectivity index (χ3v) is 2.03. The summed E-state index contributed by atoms with van der Waals surface area (Å²) in [4.78, 5) is 0. The van der Waals surface area contributed by atoms with Crippen LogP contribution in [-0.2, 0) is 6.42 Å². The van der Waals surface area contributed by atoms with Gasteiger partial charge in [0.1, 0.15) is 0 Å². The van der Waals surface area contributed by atoms with Crippen molar-refractivity contribution >= 4 is 0 Å². The Morgan fingerprint density at radius 1 is 1.47 bits per heavy atom. The van der Waals surface area contributed by atoms with E-state index in [0.29, 0.717) is 13.0 Å². The number of likely N-dealkylation sites (N-methyl/N-ethyl adjacent to an activating group) is 1. The number of hydrogen-bond donors (Lipinski definition) is 1. The van der Waals surface area contributed by atoms with Gasteiger partial charge in [-0.25, -0.2) is 0 Å². The summed E-state index contributed by atoms with van der Waals surface area (Å²) in [7, 11) is 0. The topological polar surface area (TPSA) is 25.2 Å². The third kappa shape index (κ3) is 4.88. The molecule has 1 atom stereocenters. The molecule has 0 aliphatic carbocycles. The highest BCUT2D eigenvalue weighted by atomic mass is 19.4. The number of furan rings is 1. The number of hydrogen-bond acceptors (Lipinski definition) is 2. The molecule has 0 aliphatic rings. The van der Waals surface area contributed by atoms with Crippen molar-refractivity contribution in [2.45, 2.75) is 32.0 Å². The first kappa shape index (κ1) is 12.1. The molecule has 1 rings (SSSR count). The van der Waals surface area contributed by atoms with Crippen molar-refractivity contribution in [3.63, 3.8) is 0 Å². The lowest BCUT2D eigenvalue weighted by atomic mass is 10.1. The summed E-state index contributed by atoms with van der Waals surface area (Å²) in [6.45, 7) is 2.32. The van der Waals surface area contributed by atoms with Gasteiger partial charge in [0, 0.05) is 6.04 Å². The smallest absolute Gasteiger partial charge is 0.390 e. The van der Waals surface area contributed by atoms with Gasteiger partial charge in [0.05, 0.1) is 18.9 Å². The Kier molecular flexibility index (Phi) is 4.20. The molecule has 0 saturated carbocycles. The van der Waals surface area contributed by atoms with E-state index in [1.807, 2.05) is 0 Å². The van der Waals surface area contributed by atoms with E-state index in [4.69, 9.17) is 4.42 Å². The summed E-state index contributed by atoms with van der Waals surface area (Å²) in [6.07, 6.45) is -1.67. The predicted octanol–water partition coefficient (Wildman–Crippen LogP) is 2.75. The molecule has 0 fully saturated rings. The van der Waals surface area contributed by atoms with Crippen molar-refractivity contribution in [2.24, 2.45) is 0 Å². The number of nitrogens with one attached hydrogen (secondary N) is 1. The number of rotatable bonds is 5. The number of alkyl halides is 3. The van der Waals surface area contributed by atoms with Crippen LogP contribution in [0, 0.1) is 0 Å². The molecule has 86 valence electrons. The quantitative estimate of drug-likeness (QED) is 0.827. The normalized spacial score (nSPS) is 14.1. The Hall–Kier alpha value is -0.970.